The molecular weight excluding hydrogens is 424 g/mol. The van der Waals surface area contributed by atoms with Gasteiger partial charge in [0.15, 0.2) is 6.61 Å². The van der Waals surface area contributed by atoms with Crippen molar-refractivity contribution in [2.45, 2.75) is 52.7 Å². The van der Waals surface area contributed by atoms with E-state index in [0.29, 0.717) is 18.7 Å². The molecule has 1 atom stereocenters. The van der Waals surface area contributed by atoms with Gasteiger partial charge in [-0.05, 0) is 62.1 Å². The third-order valence-electron chi connectivity index (χ3n) is 5.74. The maximum atomic E-state index is 13.5. The van der Waals surface area contributed by atoms with Crippen LogP contribution < -0.4 is 10.1 Å². The number of carbonyl (C=O) groups excluding carboxylic acids is 2. The molecule has 0 aromatic heterocycles. The van der Waals surface area contributed by atoms with Crippen LogP contribution in [-0.2, 0) is 22.6 Å². The second-order valence-electron chi connectivity index (χ2n) is 8.91. The molecule has 0 radical (unpaired) electrons. The Kier molecular flexibility index (Phi) is 8.86. The molecule has 0 aliphatic heterocycles. The van der Waals surface area contributed by atoms with Gasteiger partial charge in [0.25, 0.3) is 5.91 Å². The summed E-state index contributed by atoms with van der Waals surface area (Å²) in [7, 11) is 0. The summed E-state index contributed by atoms with van der Waals surface area (Å²) >= 11 is 0. The lowest BCUT2D eigenvalue weighted by Gasteiger charge is -2.32. The standard InChI is InChI=1S/C29H34N2O3/c1-21(2)30-29(33)27(18-24-11-7-5-8-12-24)31(19-25-13-9-6-10-14-25)28(32)20-34-26-16-15-22(3)23(4)17-26/h5-17,21,27H,18-20H2,1-4H3,(H,30,33). The van der Waals surface area contributed by atoms with Gasteiger partial charge >= 0.3 is 0 Å². The van der Waals surface area contributed by atoms with Gasteiger partial charge in [0, 0.05) is 19.0 Å². The Morgan fingerprint density at radius 2 is 1.47 bits per heavy atom. The molecule has 2 amide bonds. The van der Waals surface area contributed by atoms with E-state index < -0.39 is 6.04 Å². The molecule has 1 N–H and O–H groups in total. The maximum absolute atomic E-state index is 13.5. The van der Waals surface area contributed by atoms with Crippen molar-refractivity contribution in [1.82, 2.24) is 10.2 Å². The van der Waals surface area contributed by atoms with E-state index in [1.807, 2.05) is 107 Å². The van der Waals surface area contributed by atoms with Crippen LogP contribution in [0.15, 0.2) is 78.9 Å². The summed E-state index contributed by atoms with van der Waals surface area (Å²) in [5.74, 6) is 0.235. The Hall–Kier alpha value is -3.60. The molecule has 0 saturated heterocycles. The van der Waals surface area contributed by atoms with E-state index in [9.17, 15) is 9.59 Å². The van der Waals surface area contributed by atoms with Crippen molar-refractivity contribution in [3.8, 4) is 5.75 Å². The summed E-state index contributed by atoms with van der Waals surface area (Å²) in [4.78, 5) is 28.5. The van der Waals surface area contributed by atoms with E-state index in [1.165, 1.54) is 0 Å². The zero-order chi connectivity index (χ0) is 24.5. The molecular formula is C29H34N2O3. The summed E-state index contributed by atoms with van der Waals surface area (Å²) in [5.41, 5.74) is 4.21. The normalized spacial score (nSPS) is 11.7. The highest BCUT2D eigenvalue weighted by Crippen LogP contribution is 2.18. The predicted octanol–water partition coefficient (Wildman–Crippen LogP) is 4.85. The highest BCUT2D eigenvalue weighted by molar-refractivity contribution is 5.88. The number of hydrogen-bond donors (Lipinski definition) is 1. The number of nitrogens with zero attached hydrogens (tertiary/aromatic N) is 1. The van der Waals surface area contributed by atoms with Crippen LogP contribution in [0.4, 0.5) is 0 Å². The molecule has 0 saturated carbocycles. The molecule has 3 aromatic rings. The average Bonchev–Trinajstić information content (AvgIpc) is 2.82. The van der Waals surface area contributed by atoms with Crippen LogP contribution in [0.1, 0.15) is 36.1 Å². The molecule has 3 aromatic carbocycles. The van der Waals surface area contributed by atoms with Crippen LogP contribution in [0, 0.1) is 13.8 Å². The summed E-state index contributed by atoms with van der Waals surface area (Å²) in [6.45, 7) is 8.06. The minimum absolute atomic E-state index is 0.0359. The highest BCUT2D eigenvalue weighted by atomic mass is 16.5. The first kappa shape index (κ1) is 25.0. The van der Waals surface area contributed by atoms with Crippen LogP contribution in [0.2, 0.25) is 0 Å². The van der Waals surface area contributed by atoms with Crippen molar-refractivity contribution in [3.05, 3.63) is 101 Å². The molecule has 0 aliphatic rings. The molecule has 0 heterocycles. The molecule has 3 rings (SSSR count). The number of rotatable bonds is 10. The van der Waals surface area contributed by atoms with Crippen molar-refractivity contribution in [1.29, 1.82) is 0 Å². The van der Waals surface area contributed by atoms with Crippen molar-refractivity contribution in [3.63, 3.8) is 0 Å². The molecule has 0 bridgehead atoms. The van der Waals surface area contributed by atoms with E-state index in [-0.39, 0.29) is 24.5 Å². The van der Waals surface area contributed by atoms with Gasteiger partial charge in [-0.25, -0.2) is 0 Å². The highest BCUT2D eigenvalue weighted by Gasteiger charge is 2.31. The van der Waals surface area contributed by atoms with Gasteiger partial charge in [-0.2, -0.15) is 0 Å². The Labute approximate surface area is 202 Å². The topological polar surface area (TPSA) is 58.6 Å². The van der Waals surface area contributed by atoms with Gasteiger partial charge in [-0.15, -0.1) is 0 Å². The van der Waals surface area contributed by atoms with Crippen molar-refractivity contribution in [2.75, 3.05) is 6.61 Å². The maximum Gasteiger partial charge on any atom is 0.261 e. The molecule has 0 aliphatic carbocycles. The van der Waals surface area contributed by atoms with Crippen molar-refractivity contribution >= 4 is 11.8 Å². The summed E-state index contributed by atoms with van der Waals surface area (Å²) in [6.07, 6.45) is 0.418. The number of amides is 2. The zero-order valence-corrected chi connectivity index (χ0v) is 20.5. The van der Waals surface area contributed by atoms with Gasteiger partial charge in [0.05, 0.1) is 0 Å². The third kappa shape index (κ3) is 7.20. The number of benzene rings is 3. The lowest BCUT2D eigenvalue weighted by molar-refractivity contribution is -0.143. The van der Waals surface area contributed by atoms with E-state index >= 15 is 0 Å². The number of ether oxygens (including phenoxy) is 1. The van der Waals surface area contributed by atoms with E-state index in [2.05, 4.69) is 5.32 Å². The molecule has 1 unspecified atom stereocenters. The Balaban J connectivity index is 1.88. The smallest absolute Gasteiger partial charge is 0.261 e. The predicted molar refractivity (Wildman–Crippen MR) is 136 cm³/mol. The number of carbonyl (C=O) groups is 2. The van der Waals surface area contributed by atoms with Crippen molar-refractivity contribution < 1.29 is 14.3 Å². The first-order valence-electron chi connectivity index (χ1n) is 11.7. The van der Waals surface area contributed by atoms with Crippen LogP contribution >= 0.6 is 0 Å². The zero-order valence-electron chi connectivity index (χ0n) is 20.5. The first-order chi connectivity index (χ1) is 16.3. The Bertz CT molecular complexity index is 1080. The monoisotopic (exact) mass is 458 g/mol. The summed E-state index contributed by atoms with van der Waals surface area (Å²) in [5, 5.41) is 3.00. The fourth-order valence-corrected chi connectivity index (χ4v) is 3.75. The number of aryl methyl sites for hydroxylation is 2. The minimum atomic E-state index is -0.666. The van der Waals surface area contributed by atoms with Crippen LogP contribution in [-0.4, -0.2) is 35.4 Å². The first-order valence-corrected chi connectivity index (χ1v) is 11.7. The second-order valence-corrected chi connectivity index (χ2v) is 8.91. The number of hydrogen-bond acceptors (Lipinski definition) is 3. The summed E-state index contributed by atoms with van der Waals surface area (Å²) in [6, 6.07) is 24.6. The van der Waals surface area contributed by atoms with Gasteiger partial charge in [0.1, 0.15) is 11.8 Å². The van der Waals surface area contributed by atoms with Crippen LogP contribution in [0.25, 0.3) is 0 Å². The third-order valence-corrected chi connectivity index (χ3v) is 5.74. The van der Waals surface area contributed by atoms with Crippen molar-refractivity contribution in [2.24, 2.45) is 0 Å². The quantitative estimate of drug-likeness (QED) is 0.473. The minimum Gasteiger partial charge on any atom is -0.484 e. The number of nitrogens with one attached hydrogen (secondary N) is 1. The molecule has 34 heavy (non-hydrogen) atoms. The molecule has 0 fully saturated rings. The fraction of sp³-hybridized carbons (Fsp3) is 0.310. The van der Waals surface area contributed by atoms with E-state index in [1.54, 1.807) is 4.90 Å². The fourth-order valence-electron chi connectivity index (χ4n) is 3.75. The molecule has 5 nitrogen and oxygen atoms in total. The lowest BCUT2D eigenvalue weighted by Crippen LogP contribution is -2.52. The lowest BCUT2D eigenvalue weighted by atomic mass is 10.0. The largest absolute Gasteiger partial charge is 0.484 e. The van der Waals surface area contributed by atoms with E-state index in [4.69, 9.17) is 4.74 Å². The van der Waals surface area contributed by atoms with E-state index in [0.717, 1.165) is 22.3 Å². The Morgan fingerprint density at radius 1 is 0.853 bits per heavy atom. The Morgan fingerprint density at radius 3 is 2.06 bits per heavy atom. The summed E-state index contributed by atoms with van der Waals surface area (Å²) < 4.78 is 5.86. The van der Waals surface area contributed by atoms with Crippen LogP contribution in [0.5, 0.6) is 5.75 Å². The second kappa shape index (κ2) is 12.0. The molecule has 178 valence electrons. The van der Waals surface area contributed by atoms with Gasteiger partial charge < -0.3 is 15.0 Å². The van der Waals surface area contributed by atoms with Gasteiger partial charge in [0.2, 0.25) is 5.91 Å². The molecule has 0 spiro atoms. The molecule has 5 heteroatoms. The van der Waals surface area contributed by atoms with Crippen LogP contribution in [0.3, 0.4) is 0 Å². The van der Waals surface area contributed by atoms with Gasteiger partial charge in [-0.3, -0.25) is 9.59 Å². The van der Waals surface area contributed by atoms with Gasteiger partial charge in [-0.1, -0.05) is 66.7 Å². The average molecular weight is 459 g/mol. The SMILES string of the molecule is Cc1ccc(OCC(=O)N(Cc2ccccc2)C(Cc2ccccc2)C(=O)NC(C)C)cc1C.